The van der Waals surface area contributed by atoms with Gasteiger partial charge in [-0.1, -0.05) is 6.07 Å². The highest BCUT2D eigenvalue weighted by molar-refractivity contribution is 14.1. The van der Waals surface area contributed by atoms with Crippen LogP contribution in [0.1, 0.15) is 0 Å². The minimum absolute atomic E-state index is 0.536. The smallest absolute Gasteiger partial charge is 0.203 e. The summed E-state index contributed by atoms with van der Waals surface area (Å²) in [5.74, 6) is 0. The van der Waals surface area contributed by atoms with Crippen molar-refractivity contribution in [1.29, 1.82) is 0 Å². The summed E-state index contributed by atoms with van der Waals surface area (Å²) in [5.41, 5.74) is 2.05. The normalized spacial score (nSPS) is 10.9. The predicted octanol–water partition coefficient (Wildman–Crippen LogP) is 2.83. The number of para-hydroxylation sites is 1. The third-order valence-corrected chi connectivity index (χ3v) is 3.02. The van der Waals surface area contributed by atoms with Crippen molar-refractivity contribution in [2.45, 2.75) is 0 Å². The Bertz CT molecular complexity index is 436. The number of halogens is 2. The molecule has 0 aliphatic carbocycles. The van der Waals surface area contributed by atoms with Gasteiger partial charge in [-0.25, -0.2) is 4.98 Å². The number of nitrogens with zero attached hydrogens (tertiary/aromatic N) is 2. The van der Waals surface area contributed by atoms with Gasteiger partial charge in [0.1, 0.15) is 5.52 Å². The summed E-state index contributed by atoms with van der Waals surface area (Å²) in [4.78, 5) is 4.23. The van der Waals surface area contributed by atoms with Gasteiger partial charge in [0.15, 0.2) is 0 Å². The fourth-order valence-corrected chi connectivity index (χ4v) is 1.93. The molecule has 0 aliphatic heterocycles. The summed E-state index contributed by atoms with van der Waals surface area (Å²) in [6.07, 6.45) is 0. The number of fused-ring (bicyclic) bond motifs is 1. The van der Waals surface area contributed by atoms with Crippen LogP contribution in [0.2, 0.25) is 5.28 Å². The maximum atomic E-state index is 5.87. The Labute approximate surface area is 88.7 Å². The molecule has 2 rings (SSSR count). The number of aryl methyl sites for hydroxylation is 1. The average Bonchev–Trinajstić information content (AvgIpc) is 2.32. The van der Waals surface area contributed by atoms with Crippen LogP contribution in [-0.2, 0) is 7.05 Å². The second-order valence-electron chi connectivity index (χ2n) is 2.55. The van der Waals surface area contributed by atoms with Crippen molar-refractivity contribution in [2.75, 3.05) is 0 Å². The van der Waals surface area contributed by atoms with Crippen molar-refractivity contribution in [3.05, 3.63) is 27.1 Å². The molecule has 0 radical (unpaired) electrons. The summed E-state index contributed by atoms with van der Waals surface area (Å²) in [5, 5.41) is 0.536. The molecule has 0 unspecified atom stereocenters. The first-order chi connectivity index (χ1) is 5.70. The average molecular weight is 293 g/mol. The van der Waals surface area contributed by atoms with Gasteiger partial charge < -0.3 is 4.57 Å². The molecule has 0 saturated heterocycles. The number of hydrogen-bond acceptors (Lipinski definition) is 1. The topological polar surface area (TPSA) is 17.8 Å². The largest absolute Gasteiger partial charge is 0.318 e. The van der Waals surface area contributed by atoms with E-state index in [2.05, 4.69) is 27.6 Å². The molecule has 0 saturated carbocycles. The van der Waals surface area contributed by atoms with E-state index in [4.69, 9.17) is 11.6 Å². The van der Waals surface area contributed by atoms with E-state index in [-0.39, 0.29) is 0 Å². The zero-order valence-electron chi connectivity index (χ0n) is 6.38. The minimum Gasteiger partial charge on any atom is -0.318 e. The summed E-state index contributed by atoms with van der Waals surface area (Å²) in [6.45, 7) is 0. The van der Waals surface area contributed by atoms with E-state index in [1.54, 1.807) is 0 Å². The van der Waals surface area contributed by atoms with Crippen molar-refractivity contribution in [1.82, 2.24) is 9.55 Å². The molecule has 1 aromatic heterocycles. The van der Waals surface area contributed by atoms with Crippen LogP contribution in [0, 0.1) is 3.57 Å². The lowest BCUT2D eigenvalue weighted by Crippen LogP contribution is -1.85. The third kappa shape index (κ3) is 1.11. The highest BCUT2D eigenvalue weighted by atomic mass is 127. The molecule has 0 bridgehead atoms. The fourth-order valence-electron chi connectivity index (χ4n) is 1.15. The van der Waals surface area contributed by atoms with Crippen LogP contribution in [-0.4, -0.2) is 9.55 Å². The molecule has 1 aromatic carbocycles. The van der Waals surface area contributed by atoms with Crippen molar-refractivity contribution in [3.8, 4) is 0 Å². The number of imidazole rings is 1. The zero-order chi connectivity index (χ0) is 8.72. The van der Waals surface area contributed by atoms with Gasteiger partial charge in [-0.15, -0.1) is 0 Å². The molecular weight excluding hydrogens is 286 g/mol. The summed E-state index contributed by atoms with van der Waals surface area (Å²) in [6, 6.07) is 6.03. The Hall–Kier alpha value is -0.290. The van der Waals surface area contributed by atoms with Crippen LogP contribution in [0.3, 0.4) is 0 Å². The molecule has 0 atom stereocenters. The quantitative estimate of drug-likeness (QED) is 0.683. The Morgan fingerprint density at radius 2 is 2.25 bits per heavy atom. The van der Waals surface area contributed by atoms with E-state index in [1.807, 2.05) is 29.8 Å². The van der Waals surface area contributed by atoms with Crippen LogP contribution in [0.4, 0.5) is 0 Å². The second kappa shape index (κ2) is 2.88. The number of hydrogen-bond donors (Lipinski definition) is 0. The molecule has 4 heteroatoms. The van der Waals surface area contributed by atoms with Gasteiger partial charge in [0.2, 0.25) is 5.28 Å². The highest BCUT2D eigenvalue weighted by Gasteiger charge is 2.06. The molecule has 12 heavy (non-hydrogen) atoms. The van der Waals surface area contributed by atoms with Crippen LogP contribution < -0.4 is 0 Å². The first-order valence-electron chi connectivity index (χ1n) is 3.46. The summed E-state index contributed by atoms with van der Waals surface area (Å²) in [7, 11) is 1.91. The van der Waals surface area contributed by atoms with Crippen molar-refractivity contribution in [2.24, 2.45) is 7.05 Å². The number of aromatic nitrogens is 2. The number of benzene rings is 1. The fraction of sp³-hybridized carbons (Fsp3) is 0.125. The molecule has 0 aliphatic rings. The third-order valence-electron chi connectivity index (χ3n) is 1.81. The van der Waals surface area contributed by atoms with Crippen LogP contribution >= 0.6 is 34.2 Å². The van der Waals surface area contributed by atoms with Crippen molar-refractivity contribution in [3.63, 3.8) is 0 Å². The Morgan fingerprint density at radius 1 is 1.50 bits per heavy atom. The maximum absolute atomic E-state index is 5.87. The number of rotatable bonds is 0. The zero-order valence-corrected chi connectivity index (χ0v) is 9.30. The summed E-state index contributed by atoms with van der Waals surface area (Å²) < 4.78 is 3.01. The molecule has 2 aromatic rings. The highest BCUT2D eigenvalue weighted by Crippen LogP contribution is 2.22. The first kappa shape index (κ1) is 8.31. The SMILES string of the molecule is Cn1c(Cl)nc2c(I)cccc21. The molecule has 2 nitrogen and oxygen atoms in total. The van der Waals surface area contributed by atoms with Crippen LogP contribution in [0.15, 0.2) is 18.2 Å². The van der Waals surface area contributed by atoms with E-state index in [1.165, 1.54) is 0 Å². The predicted molar refractivity (Wildman–Crippen MR) is 58.4 cm³/mol. The van der Waals surface area contributed by atoms with Gasteiger partial charge in [-0.2, -0.15) is 0 Å². The minimum atomic E-state index is 0.536. The van der Waals surface area contributed by atoms with E-state index >= 15 is 0 Å². The maximum Gasteiger partial charge on any atom is 0.203 e. The molecule has 1 heterocycles. The van der Waals surface area contributed by atoms with Gasteiger partial charge in [0.05, 0.1) is 5.52 Å². The van der Waals surface area contributed by atoms with Crippen LogP contribution in [0.5, 0.6) is 0 Å². The lowest BCUT2D eigenvalue weighted by molar-refractivity contribution is 0.949. The van der Waals surface area contributed by atoms with E-state index in [0.29, 0.717) is 5.28 Å². The van der Waals surface area contributed by atoms with Crippen molar-refractivity contribution < 1.29 is 0 Å². The molecular formula is C8H6ClIN2. The van der Waals surface area contributed by atoms with Gasteiger partial charge in [0, 0.05) is 10.6 Å². The van der Waals surface area contributed by atoms with Gasteiger partial charge in [-0.3, -0.25) is 0 Å². The lowest BCUT2D eigenvalue weighted by Gasteiger charge is -1.94. The Morgan fingerprint density at radius 3 is 2.92 bits per heavy atom. The summed E-state index contributed by atoms with van der Waals surface area (Å²) >= 11 is 8.13. The van der Waals surface area contributed by atoms with E-state index < -0.39 is 0 Å². The first-order valence-corrected chi connectivity index (χ1v) is 4.92. The van der Waals surface area contributed by atoms with Gasteiger partial charge >= 0.3 is 0 Å². The molecule has 0 amide bonds. The second-order valence-corrected chi connectivity index (χ2v) is 4.05. The van der Waals surface area contributed by atoms with E-state index in [9.17, 15) is 0 Å². The Balaban J connectivity index is 2.95. The molecule has 0 spiro atoms. The monoisotopic (exact) mass is 292 g/mol. The lowest BCUT2D eigenvalue weighted by atomic mass is 10.3. The molecule has 0 N–H and O–H groups in total. The molecule has 0 fully saturated rings. The Kier molecular flexibility index (Phi) is 2.00. The van der Waals surface area contributed by atoms with Crippen molar-refractivity contribution >= 4 is 45.2 Å². The van der Waals surface area contributed by atoms with Crippen LogP contribution in [0.25, 0.3) is 11.0 Å². The molecule has 62 valence electrons. The van der Waals surface area contributed by atoms with Gasteiger partial charge in [-0.05, 0) is 46.3 Å². The van der Waals surface area contributed by atoms with E-state index in [0.717, 1.165) is 14.6 Å². The standard InChI is InChI=1S/C8H6ClIN2/c1-12-6-4-2-3-5(10)7(6)11-8(12)9/h2-4H,1H3. The van der Waals surface area contributed by atoms with Gasteiger partial charge in [0.25, 0.3) is 0 Å².